The van der Waals surface area contributed by atoms with Gasteiger partial charge in [-0.25, -0.2) is 4.98 Å². The zero-order valence-corrected chi connectivity index (χ0v) is 12.7. The van der Waals surface area contributed by atoms with Gasteiger partial charge >= 0.3 is 0 Å². The van der Waals surface area contributed by atoms with Crippen LogP contribution in [0.4, 0.5) is 5.69 Å². The summed E-state index contributed by atoms with van der Waals surface area (Å²) in [6.45, 7) is 0.469. The summed E-state index contributed by atoms with van der Waals surface area (Å²) in [5, 5.41) is 13.0. The van der Waals surface area contributed by atoms with Crippen LogP contribution in [0, 0.1) is 10.1 Å². The summed E-state index contributed by atoms with van der Waals surface area (Å²) in [6, 6.07) is 5.15. The molecule has 0 unspecified atom stereocenters. The lowest BCUT2D eigenvalue weighted by atomic mass is 10.2. The zero-order chi connectivity index (χ0) is 15.4. The van der Waals surface area contributed by atoms with E-state index in [9.17, 15) is 14.9 Å². The third-order valence-electron chi connectivity index (χ3n) is 2.90. The maximum atomic E-state index is 12.3. The van der Waals surface area contributed by atoms with Gasteiger partial charge in [0.25, 0.3) is 11.6 Å². The number of nitrogens with zero attached hydrogens (tertiary/aromatic N) is 3. The molecule has 0 bridgehead atoms. The van der Waals surface area contributed by atoms with Gasteiger partial charge in [-0.3, -0.25) is 14.9 Å². The first-order valence-corrected chi connectivity index (χ1v) is 7.32. The van der Waals surface area contributed by atoms with E-state index in [0.29, 0.717) is 13.0 Å². The van der Waals surface area contributed by atoms with E-state index in [1.807, 2.05) is 17.5 Å². The van der Waals surface area contributed by atoms with Crippen LogP contribution in [0.5, 0.6) is 0 Å². The third kappa shape index (κ3) is 3.77. The molecule has 21 heavy (non-hydrogen) atoms. The van der Waals surface area contributed by atoms with Crippen LogP contribution in [0.2, 0.25) is 5.15 Å². The number of amides is 1. The second-order valence-electron chi connectivity index (χ2n) is 4.34. The van der Waals surface area contributed by atoms with Gasteiger partial charge in [0.2, 0.25) is 0 Å². The maximum absolute atomic E-state index is 12.3. The first-order chi connectivity index (χ1) is 9.99. The van der Waals surface area contributed by atoms with Crippen LogP contribution >= 0.6 is 22.9 Å². The lowest BCUT2D eigenvalue weighted by molar-refractivity contribution is -0.385. The van der Waals surface area contributed by atoms with Gasteiger partial charge in [-0.2, -0.15) is 0 Å². The summed E-state index contributed by atoms with van der Waals surface area (Å²) in [5.41, 5.74) is -0.388. The van der Waals surface area contributed by atoms with Crippen molar-refractivity contribution in [3.8, 4) is 0 Å². The quantitative estimate of drug-likeness (QED) is 0.481. The smallest absolute Gasteiger partial charge is 0.300 e. The van der Waals surface area contributed by atoms with Crippen molar-refractivity contribution in [2.24, 2.45) is 0 Å². The number of carbonyl (C=O) groups excluding carboxylic acids is 1. The Labute approximate surface area is 130 Å². The molecule has 6 nitrogen and oxygen atoms in total. The van der Waals surface area contributed by atoms with Crippen LogP contribution in [-0.4, -0.2) is 34.3 Å². The Morgan fingerprint density at radius 3 is 2.95 bits per heavy atom. The number of rotatable bonds is 5. The monoisotopic (exact) mass is 325 g/mol. The Morgan fingerprint density at radius 2 is 2.33 bits per heavy atom. The van der Waals surface area contributed by atoms with Crippen molar-refractivity contribution < 1.29 is 9.72 Å². The van der Waals surface area contributed by atoms with Crippen LogP contribution in [0.15, 0.2) is 29.8 Å². The molecule has 2 aromatic rings. The van der Waals surface area contributed by atoms with Gasteiger partial charge in [-0.05, 0) is 23.9 Å². The summed E-state index contributed by atoms with van der Waals surface area (Å²) in [5.74, 6) is -0.442. The number of carbonyl (C=O) groups is 1. The summed E-state index contributed by atoms with van der Waals surface area (Å²) >= 11 is 7.33. The standard InChI is InChI=1S/C13H12ClN3O3S/c1-16(5-4-9-3-2-6-21-9)13(18)10-7-12(14)15-8-11(10)17(19)20/h2-3,6-8H,4-5H2,1H3. The average Bonchev–Trinajstić information content (AvgIpc) is 2.96. The molecular weight excluding hydrogens is 314 g/mol. The Morgan fingerprint density at radius 1 is 1.57 bits per heavy atom. The molecule has 0 aliphatic heterocycles. The second-order valence-corrected chi connectivity index (χ2v) is 5.76. The minimum atomic E-state index is -0.635. The summed E-state index contributed by atoms with van der Waals surface area (Å²) in [6.07, 6.45) is 1.70. The fourth-order valence-electron chi connectivity index (χ4n) is 1.78. The number of likely N-dealkylation sites (N-methyl/N-ethyl adjacent to an activating group) is 1. The van der Waals surface area contributed by atoms with Crippen molar-refractivity contribution in [1.29, 1.82) is 0 Å². The van der Waals surface area contributed by atoms with Crippen molar-refractivity contribution in [1.82, 2.24) is 9.88 Å². The first kappa shape index (κ1) is 15.4. The molecule has 0 atom stereocenters. The number of aromatic nitrogens is 1. The Kier molecular flexibility index (Phi) is 4.87. The summed E-state index contributed by atoms with van der Waals surface area (Å²) < 4.78 is 0. The molecule has 0 radical (unpaired) electrons. The number of nitro groups is 1. The second kappa shape index (κ2) is 6.64. The molecule has 2 aromatic heterocycles. The van der Waals surface area contributed by atoms with Crippen LogP contribution < -0.4 is 0 Å². The van der Waals surface area contributed by atoms with Gasteiger partial charge in [0.05, 0.1) is 4.92 Å². The normalized spacial score (nSPS) is 10.4. The van der Waals surface area contributed by atoms with E-state index < -0.39 is 10.8 Å². The predicted molar refractivity (Wildman–Crippen MR) is 80.9 cm³/mol. The minimum absolute atomic E-state index is 0.0475. The molecule has 1 amide bonds. The molecule has 0 spiro atoms. The molecule has 0 N–H and O–H groups in total. The van der Waals surface area contributed by atoms with Gasteiger partial charge < -0.3 is 4.90 Å². The summed E-state index contributed by atoms with van der Waals surface area (Å²) in [7, 11) is 1.61. The van der Waals surface area contributed by atoms with E-state index in [-0.39, 0.29) is 16.4 Å². The van der Waals surface area contributed by atoms with Crippen molar-refractivity contribution >= 4 is 34.5 Å². The van der Waals surface area contributed by atoms with Gasteiger partial charge in [0, 0.05) is 18.5 Å². The molecule has 0 aliphatic carbocycles. The molecule has 0 aromatic carbocycles. The average molecular weight is 326 g/mol. The van der Waals surface area contributed by atoms with E-state index in [1.54, 1.807) is 18.4 Å². The Bertz CT molecular complexity index is 661. The van der Waals surface area contributed by atoms with Crippen molar-refractivity contribution in [3.63, 3.8) is 0 Å². The van der Waals surface area contributed by atoms with Crippen molar-refractivity contribution in [2.75, 3.05) is 13.6 Å². The highest BCUT2D eigenvalue weighted by Crippen LogP contribution is 2.22. The molecule has 110 valence electrons. The molecule has 0 saturated heterocycles. The molecule has 2 rings (SSSR count). The van der Waals surface area contributed by atoms with Gasteiger partial charge in [-0.1, -0.05) is 17.7 Å². The Hall–Kier alpha value is -1.99. The molecule has 0 saturated carbocycles. The van der Waals surface area contributed by atoms with Crippen LogP contribution in [0.3, 0.4) is 0 Å². The van der Waals surface area contributed by atoms with Gasteiger partial charge in [0.1, 0.15) is 16.9 Å². The number of thiophene rings is 1. The number of hydrogen-bond donors (Lipinski definition) is 0. The number of halogens is 1. The highest BCUT2D eigenvalue weighted by Gasteiger charge is 2.23. The van der Waals surface area contributed by atoms with Crippen molar-refractivity contribution in [2.45, 2.75) is 6.42 Å². The van der Waals surface area contributed by atoms with E-state index in [0.717, 1.165) is 11.1 Å². The SMILES string of the molecule is CN(CCc1cccs1)C(=O)c1cc(Cl)ncc1[N+](=O)[O-]. The first-order valence-electron chi connectivity index (χ1n) is 6.07. The van der Waals surface area contributed by atoms with E-state index in [4.69, 9.17) is 11.6 Å². The van der Waals surface area contributed by atoms with E-state index >= 15 is 0 Å². The Balaban J connectivity index is 2.15. The van der Waals surface area contributed by atoms with Gasteiger partial charge in [0.15, 0.2) is 0 Å². The molecular formula is C13H12ClN3O3S. The molecule has 0 aliphatic rings. The fraction of sp³-hybridized carbons (Fsp3) is 0.231. The van der Waals surface area contributed by atoms with Gasteiger partial charge in [-0.15, -0.1) is 11.3 Å². The predicted octanol–water partition coefficient (Wildman–Crippen LogP) is 3.02. The van der Waals surface area contributed by atoms with Crippen LogP contribution in [0.25, 0.3) is 0 Å². The largest absolute Gasteiger partial charge is 0.341 e. The zero-order valence-electron chi connectivity index (χ0n) is 11.2. The van der Waals surface area contributed by atoms with Crippen LogP contribution in [0.1, 0.15) is 15.2 Å². The third-order valence-corrected chi connectivity index (χ3v) is 4.04. The molecule has 2 heterocycles. The molecule has 8 heteroatoms. The fourth-order valence-corrected chi connectivity index (χ4v) is 2.64. The van der Waals surface area contributed by atoms with E-state index in [1.165, 1.54) is 11.0 Å². The molecule has 0 fully saturated rings. The minimum Gasteiger partial charge on any atom is -0.341 e. The highest BCUT2D eigenvalue weighted by molar-refractivity contribution is 7.09. The highest BCUT2D eigenvalue weighted by atomic mass is 35.5. The van der Waals surface area contributed by atoms with E-state index in [2.05, 4.69) is 4.98 Å². The number of hydrogen-bond acceptors (Lipinski definition) is 5. The summed E-state index contributed by atoms with van der Waals surface area (Å²) in [4.78, 5) is 28.9. The maximum Gasteiger partial charge on any atom is 0.300 e. The lowest BCUT2D eigenvalue weighted by Crippen LogP contribution is -2.29. The lowest BCUT2D eigenvalue weighted by Gasteiger charge is -2.16. The number of pyridine rings is 1. The van der Waals surface area contributed by atoms with Crippen molar-refractivity contribution in [3.05, 3.63) is 55.5 Å². The topological polar surface area (TPSA) is 76.3 Å². The van der Waals surface area contributed by atoms with Crippen LogP contribution in [-0.2, 0) is 6.42 Å².